The van der Waals surface area contributed by atoms with Crippen LogP contribution in [0, 0.1) is 0 Å². The van der Waals surface area contributed by atoms with E-state index in [9.17, 15) is 4.79 Å². The van der Waals surface area contributed by atoms with Crippen molar-refractivity contribution in [2.45, 2.75) is 6.10 Å². The Balaban J connectivity index is 2.38. The number of aromatic hydroxyl groups is 1. The summed E-state index contributed by atoms with van der Waals surface area (Å²) in [7, 11) is 0. The first-order valence-electron chi connectivity index (χ1n) is 4.82. The zero-order valence-electron chi connectivity index (χ0n) is 8.67. The molecule has 88 valence electrons. The van der Waals surface area contributed by atoms with Gasteiger partial charge in [-0.25, -0.2) is 0 Å². The maximum Gasteiger partial charge on any atom is 0.188 e. The van der Waals surface area contributed by atoms with Crippen LogP contribution < -0.4 is 0 Å². The summed E-state index contributed by atoms with van der Waals surface area (Å²) in [5.74, 6) is -0.154. The molecule has 5 nitrogen and oxygen atoms in total. The number of hydrogen-bond acceptors (Lipinski definition) is 5. The van der Waals surface area contributed by atoms with Crippen molar-refractivity contribution in [1.29, 1.82) is 0 Å². The van der Waals surface area contributed by atoms with Crippen molar-refractivity contribution in [1.82, 2.24) is 0 Å². The maximum absolute atomic E-state index is 11.5. The van der Waals surface area contributed by atoms with Crippen molar-refractivity contribution in [3.8, 4) is 5.75 Å². The van der Waals surface area contributed by atoms with Gasteiger partial charge >= 0.3 is 0 Å². The Labute approximate surface area is 92.9 Å². The van der Waals surface area contributed by atoms with Crippen LogP contribution >= 0.6 is 0 Å². The third-order valence-corrected chi connectivity index (χ3v) is 1.94. The lowest BCUT2D eigenvalue weighted by Crippen LogP contribution is -2.21. The van der Waals surface area contributed by atoms with E-state index in [2.05, 4.69) is 0 Å². The second-order valence-corrected chi connectivity index (χ2v) is 3.32. The molecule has 5 heteroatoms. The molecule has 1 aromatic carbocycles. The topological polar surface area (TPSA) is 87.0 Å². The van der Waals surface area contributed by atoms with Crippen molar-refractivity contribution in [2.75, 3.05) is 19.8 Å². The highest BCUT2D eigenvalue weighted by Crippen LogP contribution is 2.10. The number of aliphatic hydroxyl groups excluding tert-OH is 2. The number of ether oxygens (including phenoxy) is 1. The van der Waals surface area contributed by atoms with Crippen LogP contribution in [-0.2, 0) is 4.74 Å². The van der Waals surface area contributed by atoms with E-state index in [1.807, 2.05) is 0 Å². The lowest BCUT2D eigenvalue weighted by atomic mass is 10.1. The van der Waals surface area contributed by atoms with Crippen molar-refractivity contribution in [3.05, 3.63) is 29.8 Å². The molecule has 1 atom stereocenters. The molecular formula is C11H14O5. The molecule has 0 saturated heterocycles. The number of rotatable bonds is 6. The molecule has 0 fully saturated rings. The summed E-state index contributed by atoms with van der Waals surface area (Å²) in [6.45, 7) is -0.643. The van der Waals surface area contributed by atoms with Gasteiger partial charge in [0.1, 0.15) is 18.5 Å². The molecule has 0 amide bonds. The van der Waals surface area contributed by atoms with Crippen LogP contribution in [0.25, 0.3) is 0 Å². The minimum absolute atomic E-state index is 0.0830. The molecule has 0 aliphatic rings. The average molecular weight is 226 g/mol. The first-order chi connectivity index (χ1) is 7.63. The van der Waals surface area contributed by atoms with Gasteiger partial charge in [-0.2, -0.15) is 0 Å². The van der Waals surface area contributed by atoms with Gasteiger partial charge in [0, 0.05) is 5.56 Å². The Morgan fingerprint density at radius 2 is 1.94 bits per heavy atom. The van der Waals surface area contributed by atoms with Crippen LogP contribution in [0.3, 0.4) is 0 Å². The highest BCUT2D eigenvalue weighted by Gasteiger charge is 2.07. The normalized spacial score (nSPS) is 12.4. The minimum Gasteiger partial charge on any atom is -0.508 e. The molecule has 16 heavy (non-hydrogen) atoms. The van der Waals surface area contributed by atoms with Gasteiger partial charge < -0.3 is 20.1 Å². The lowest BCUT2D eigenvalue weighted by molar-refractivity contribution is 0.00896. The Morgan fingerprint density at radius 1 is 1.31 bits per heavy atom. The summed E-state index contributed by atoms with van der Waals surface area (Å²) in [5, 5.41) is 26.5. The van der Waals surface area contributed by atoms with Gasteiger partial charge in [-0.3, -0.25) is 4.79 Å². The van der Waals surface area contributed by atoms with E-state index in [0.29, 0.717) is 5.56 Å². The number of carbonyl (C=O) groups excluding carboxylic acids is 1. The van der Waals surface area contributed by atoms with Gasteiger partial charge in [-0.1, -0.05) is 0 Å². The standard InChI is InChI=1S/C11H14O5/c12-5-10(14)6-16-7-11(15)8-1-3-9(13)4-2-8/h1-4,10,12-14H,5-7H2. The lowest BCUT2D eigenvalue weighted by Gasteiger charge is -2.07. The van der Waals surface area contributed by atoms with Crippen LogP contribution in [0.2, 0.25) is 0 Å². The number of phenols is 1. The molecule has 0 bridgehead atoms. The van der Waals surface area contributed by atoms with Crippen LogP contribution in [0.1, 0.15) is 10.4 Å². The molecule has 3 N–H and O–H groups in total. The third-order valence-electron chi connectivity index (χ3n) is 1.94. The molecule has 1 aromatic rings. The highest BCUT2D eigenvalue weighted by molar-refractivity contribution is 5.97. The molecule has 0 aliphatic heterocycles. The summed E-state index contributed by atoms with van der Waals surface area (Å²) in [5.41, 5.74) is 0.427. The molecule has 0 aliphatic carbocycles. The van der Waals surface area contributed by atoms with E-state index in [0.717, 1.165) is 0 Å². The Kier molecular flexibility index (Phi) is 4.91. The quantitative estimate of drug-likeness (QED) is 0.592. The van der Waals surface area contributed by atoms with E-state index in [1.165, 1.54) is 24.3 Å². The van der Waals surface area contributed by atoms with E-state index < -0.39 is 12.7 Å². The zero-order chi connectivity index (χ0) is 12.0. The average Bonchev–Trinajstić information content (AvgIpc) is 2.29. The van der Waals surface area contributed by atoms with Gasteiger partial charge in [0.2, 0.25) is 0 Å². The van der Waals surface area contributed by atoms with E-state index in [-0.39, 0.29) is 24.7 Å². The van der Waals surface area contributed by atoms with E-state index >= 15 is 0 Å². The maximum atomic E-state index is 11.5. The Bertz CT molecular complexity index is 333. The van der Waals surface area contributed by atoms with Crippen LogP contribution in [-0.4, -0.2) is 47.0 Å². The first-order valence-corrected chi connectivity index (χ1v) is 4.82. The second-order valence-electron chi connectivity index (χ2n) is 3.32. The number of aliphatic hydroxyl groups is 2. The second kappa shape index (κ2) is 6.22. The summed E-state index contributed by atoms with van der Waals surface area (Å²) in [4.78, 5) is 11.5. The molecular weight excluding hydrogens is 212 g/mol. The van der Waals surface area contributed by atoms with Crippen molar-refractivity contribution in [2.24, 2.45) is 0 Å². The van der Waals surface area contributed by atoms with E-state index in [4.69, 9.17) is 20.1 Å². The molecule has 0 spiro atoms. The zero-order valence-corrected chi connectivity index (χ0v) is 8.67. The van der Waals surface area contributed by atoms with Gasteiger partial charge in [-0.05, 0) is 24.3 Å². The summed E-state index contributed by atoms with van der Waals surface area (Å²) in [6.07, 6.45) is -0.965. The van der Waals surface area contributed by atoms with Crippen LogP contribution in [0.5, 0.6) is 5.75 Å². The van der Waals surface area contributed by atoms with Gasteiger partial charge in [-0.15, -0.1) is 0 Å². The Morgan fingerprint density at radius 3 is 2.50 bits per heavy atom. The van der Waals surface area contributed by atoms with Crippen molar-refractivity contribution >= 4 is 5.78 Å². The summed E-state index contributed by atoms with van der Waals surface area (Å²) >= 11 is 0. The molecule has 1 unspecified atom stereocenters. The SMILES string of the molecule is O=C(COCC(O)CO)c1ccc(O)cc1. The molecule has 1 rings (SSSR count). The number of ketones is 1. The molecule has 0 aromatic heterocycles. The van der Waals surface area contributed by atoms with Crippen molar-refractivity contribution in [3.63, 3.8) is 0 Å². The minimum atomic E-state index is -0.965. The first kappa shape index (κ1) is 12.6. The highest BCUT2D eigenvalue weighted by atomic mass is 16.5. The van der Waals surface area contributed by atoms with Gasteiger partial charge in [0.25, 0.3) is 0 Å². The number of Topliss-reactive ketones (excluding diaryl/α,β-unsaturated/α-hetero) is 1. The van der Waals surface area contributed by atoms with Gasteiger partial charge in [0.15, 0.2) is 5.78 Å². The van der Waals surface area contributed by atoms with Crippen molar-refractivity contribution < 1.29 is 24.9 Å². The number of phenolic OH excluding ortho intramolecular Hbond substituents is 1. The predicted octanol–water partition coefficient (Wildman–Crippen LogP) is -0.0553. The van der Waals surface area contributed by atoms with Crippen LogP contribution in [0.15, 0.2) is 24.3 Å². The fraction of sp³-hybridized carbons (Fsp3) is 0.364. The largest absolute Gasteiger partial charge is 0.508 e. The number of benzene rings is 1. The number of hydrogen-bond donors (Lipinski definition) is 3. The number of carbonyl (C=O) groups is 1. The third kappa shape index (κ3) is 3.98. The fourth-order valence-corrected chi connectivity index (χ4v) is 1.07. The van der Waals surface area contributed by atoms with E-state index in [1.54, 1.807) is 0 Å². The fourth-order valence-electron chi connectivity index (χ4n) is 1.07. The summed E-state index contributed by atoms with van der Waals surface area (Å²) < 4.78 is 4.91. The van der Waals surface area contributed by atoms with Gasteiger partial charge in [0.05, 0.1) is 13.2 Å². The molecule has 0 saturated carbocycles. The molecule has 0 radical (unpaired) electrons. The Hall–Kier alpha value is -1.43. The smallest absolute Gasteiger partial charge is 0.188 e. The predicted molar refractivity (Wildman–Crippen MR) is 56.3 cm³/mol. The van der Waals surface area contributed by atoms with Crippen LogP contribution in [0.4, 0.5) is 0 Å². The summed E-state index contributed by atoms with van der Waals surface area (Å²) in [6, 6.07) is 5.80. The molecule has 0 heterocycles. The monoisotopic (exact) mass is 226 g/mol.